The van der Waals surface area contributed by atoms with Crippen molar-refractivity contribution in [2.24, 2.45) is 5.73 Å². The summed E-state index contributed by atoms with van der Waals surface area (Å²) in [6.45, 7) is 0. The molecular weight excluding hydrogens is 170 g/mol. The molecule has 0 heterocycles. The zero-order chi connectivity index (χ0) is 9.07. The van der Waals surface area contributed by atoms with Crippen molar-refractivity contribution in [3.05, 3.63) is 0 Å². The van der Waals surface area contributed by atoms with E-state index in [0.29, 0.717) is 0 Å². The summed E-state index contributed by atoms with van der Waals surface area (Å²) in [5.74, 6) is -1.09. The molecule has 0 bridgehead atoms. The molecule has 1 atom stereocenters. The van der Waals surface area contributed by atoms with Gasteiger partial charge in [0.2, 0.25) is 0 Å². The molecule has 0 fully saturated rings. The van der Waals surface area contributed by atoms with E-state index < -0.39 is 21.8 Å². The Morgan fingerprint density at radius 1 is 1.64 bits per heavy atom. The molecule has 0 spiro atoms. The summed E-state index contributed by atoms with van der Waals surface area (Å²) < 4.78 is 25.4. The Kier molecular flexibility index (Phi) is 3.47. The first-order chi connectivity index (χ1) is 4.87. The van der Waals surface area contributed by atoms with E-state index in [4.69, 9.17) is 5.73 Å². The van der Waals surface area contributed by atoms with Gasteiger partial charge in [0, 0.05) is 6.26 Å². The standard InChI is InChI=1S/C5H11NO4S/c1-10-5(7)4(6)3-11(2,8)9/h4H,3,6H2,1-2H3. The van der Waals surface area contributed by atoms with E-state index in [1.165, 1.54) is 0 Å². The topological polar surface area (TPSA) is 86.5 Å². The number of nitrogens with two attached hydrogens (primary N) is 1. The van der Waals surface area contributed by atoms with Crippen LogP contribution >= 0.6 is 0 Å². The maximum absolute atomic E-state index is 10.6. The second kappa shape index (κ2) is 3.68. The molecule has 0 radical (unpaired) electrons. The minimum Gasteiger partial charge on any atom is -0.468 e. The molecule has 0 saturated carbocycles. The summed E-state index contributed by atoms with van der Waals surface area (Å²) in [4.78, 5) is 10.6. The van der Waals surface area contributed by atoms with Gasteiger partial charge in [0.05, 0.1) is 12.9 Å². The maximum Gasteiger partial charge on any atom is 0.323 e. The van der Waals surface area contributed by atoms with Gasteiger partial charge < -0.3 is 10.5 Å². The predicted molar refractivity (Wildman–Crippen MR) is 39.7 cm³/mol. The Hall–Kier alpha value is -0.620. The van der Waals surface area contributed by atoms with Crippen LogP contribution in [0.3, 0.4) is 0 Å². The Bertz CT molecular complexity index is 233. The van der Waals surface area contributed by atoms with Crippen LogP contribution in [0.2, 0.25) is 0 Å². The van der Waals surface area contributed by atoms with E-state index >= 15 is 0 Å². The molecule has 2 N–H and O–H groups in total. The average molecular weight is 181 g/mol. The fourth-order valence-corrected chi connectivity index (χ4v) is 1.33. The molecule has 0 saturated heterocycles. The Morgan fingerprint density at radius 3 is 2.36 bits per heavy atom. The third-order valence-corrected chi connectivity index (χ3v) is 1.95. The van der Waals surface area contributed by atoms with Crippen molar-refractivity contribution in [3.8, 4) is 0 Å². The number of esters is 1. The summed E-state index contributed by atoms with van der Waals surface area (Å²) in [7, 11) is -2.05. The van der Waals surface area contributed by atoms with Crippen LogP contribution < -0.4 is 5.73 Å². The van der Waals surface area contributed by atoms with E-state index in [1.807, 2.05) is 0 Å². The fraction of sp³-hybridized carbons (Fsp3) is 0.800. The fourth-order valence-electron chi connectivity index (χ4n) is 0.546. The molecule has 0 aliphatic rings. The van der Waals surface area contributed by atoms with Crippen molar-refractivity contribution in [3.63, 3.8) is 0 Å². The largest absolute Gasteiger partial charge is 0.468 e. The minimum atomic E-state index is -3.20. The van der Waals surface area contributed by atoms with Crippen LogP contribution in [-0.2, 0) is 19.4 Å². The summed E-state index contributed by atoms with van der Waals surface area (Å²) in [6.07, 6.45) is 1.01. The van der Waals surface area contributed by atoms with Crippen molar-refractivity contribution in [2.75, 3.05) is 19.1 Å². The summed E-state index contributed by atoms with van der Waals surface area (Å²) in [5.41, 5.74) is 5.16. The van der Waals surface area contributed by atoms with Gasteiger partial charge in [0.15, 0.2) is 0 Å². The first kappa shape index (κ1) is 10.4. The van der Waals surface area contributed by atoms with Crippen LogP contribution in [0, 0.1) is 0 Å². The highest BCUT2D eigenvalue weighted by Crippen LogP contribution is 1.89. The zero-order valence-corrected chi connectivity index (χ0v) is 7.22. The lowest BCUT2D eigenvalue weighted by molar-refractivity contribution is -0.141. The molecule has 0 aliphatic carbocycles. The van der Waals surface area contributed by atoms with Crippen LogP contribution in [0.15, 0.2) is 0 Å². The highest BCUT2D eigenvalue weighted by molar-refractivity contribution is 7.90. The summed E-state index contributed by atoms with van der Waals surface area (Å²) >= 11 is 0. The molecule has 0 aliphatic heterocycles. The van der Waals surface area contributed by atoms with Crippen molar-refractivity contribution in [1.29, 1.82) is 0 Å². The van der Waals surface area contributed by atoms with Gasteiger partial charge in [-0.05, 0) is 0 Å². The van der Waals surface area contributed by atoms with Gasteiger partial charge >= 0.3 is 5.97 Å². The predicted octanol–water partition coefficient (Wildman–Crippen LogP) is -1.47. The number of ether oxygens (including phenoxy) is 1. The second-order valence-electron chi connectivity index (χ2n) is 2.22. The SMILES string of the molecule is COC(=O)C(N)CS(C)(=O)=O. The number of carbonyl (C=O) groups excluding carboxylic acids is 1. The molecule has 0 rings (SSSR count). The molecule has 1 unspecified atom stereocenters. The van der Waals surface area contributed by atoms with Crippen LogP contribution in [0.25, 0.3) is 0 Å². The van der Waals surface area contributed by atoms with Crippen LogP contribution in [-0.4, -0.2) is 39.5 Å². The van der Waals surface area contributed by atoms with Gasteiger partial charge in [-0.15, -0.1) is 0 Å². The second-order valence-corrected chi connectivity index (χ2v) is 4.41. The van der Waals surface area contributed by atoms with Gasteiger partial charge in [-0.3, -0.25) is 4.79 Å². The number of hydrogen-bond donors (Lipinski definition) is 1. The van der Waals surface area contributed by atoms with E-state index in [1.54, 1.807) is 0 Å². The normalized spacial score (nSPS) is 14.1. The third-order valence-electron chi connectivity index (χ3n) is 0.986. The smallest absolute Gasteiger partial charge is 0.323 e. The molecule has 66 valence electrons. The number of hydrogen-bond acceptors (Lipinski definition) is 5. The number of carbonyl (C=O) groups is 1. The molecule has 5 nitrogen and oxygen atoms in total. The lowest BCUT2D eigenvalue weighted by atomic mass is 10.4. The quantitative estimate of drug-likeness (QED) is 0.537. The van der Waals surface area contributed by atoms with Crippen molar-refractivity contribution in [1.82, 2.24) is 0 Å². The minimum absolute atomic E-state index is 0.375. The van der Waals surface area contributed by atoms with Crippen LogP contribution in [0.5, 0.6) is 0 Å². The lowest BCUT2D eigenvalue weighted by Gasteiger charge is -2.06. The van der Waals surface area contributed by atoms with Crippen molar-refractivity contribution < 1.29 is 17.9 Å². The Morgan fingerprint density at radius 2 is 2.09 bits per heavy atom. The van der Waals surface area contributed by atoms with E-state index in [2.05, 4.69) is 4.74 Å². The monoisotopic (exact) mass is 181 g/mol. The van der Waals surface area contributed by atoms with Crippen molar-refractivity contribution in [2.45, 2.75) is 6.04 Å². The molecule has 0 amide bonds. The summed E-state index contributed by atoms with van der Waals surface area (Å²) in [6, 6.07) is -1.07. The number of sulfone groups is 1. The molecule has 0 aromatic carbocycles. The highest BCUT2D eigenvalue weighted by atomic mass is 32.2. The molecule has 6 heteroatoms. The average Bonchev–Trinajstić information content (AvgIpc) is 1.82. The number of methoxy groups -OCH3 is 1. The van der Waals surface area contributed by atoms with Gasteiger partial charge in [-0.2, -0.15) is 0 Å². The molecule has 11 heavy (non-hydrogen) atoms. The van der Waals surface area contributed by atoms with Gasteiger partial charge in [0.25, 0.3) is 0 Å². The molecule has 0 aromatic rings. The lowest BCUT2D eigenvalue weighted by Crippen LogP contribution is -2.37. The molecular formula is C5H11NO4S. The number of rotatable bonds is 3. The van der Waals surface area contributed by atoms with Gasteiger partial charge in [-0.25, -0.2) is 8.42 Å². The van der Waals surface area contributed by atoms with Crippen LogP contribution in [0.1, 0.15) is 0 Å². The third kappa shape index (κ3) is 4.74. The maximum atomic E-state index is 10.6. The highest BCUT2D eigenvalue weighted by Gasteiger charge is 2.18. The first-order valence-corrected chi connectivity index (χ1v) is 4.94. The zero-order valence-electron chi connectivity index (χ0n) is 6.40. The van der Waals surface area contributed by atoms with E-state index in [0.717, 1.165) is 13.4 Å². The Balaban J connectivity index is 4.09. The summed E-state index contributed by atoms with van der Waals surface area (Å²) in [5, 5.41) is 0. The Labute approximate surface area is 65.4 Å². The van der Waals surface area contributed by atoms with Gasteiger partial charge in [-0.1, -0.05) is 0 Å². The first-order valence-electron chi connectivity index (χ1n) is 2.88. The van der Waals surface area contributed by atoms with Crippen LogP contribution in [0.4, 0.5) is 0 Å². The van der Waals surface area contributed by atoms with Gasteiger partial charge in [0.1, 0.15) is 15.9 Å². The van der Waals surface area contributed by atoms with Crippen molar-refractivity contribution >= 4 is 15.8 Å². The molecule has 0 aromatic heterocycles. The van der Waals surface area contributed by atoms with E-state index in [-0.39, 0.29) is 5.75 Å². The van der Waals surface area contributed by atoms with E-state index in [9.17, 15) is 13.2 Å².